The van der Waals surface area contributed by atoms with Crippen LogP contribution in [0.15, 0.2) is 0 Å². The highest BCUT2D eigenvalue weighted by Gasteiger charge is 2.20. The Labute approximate surface area is 106 Å². The number of hydrogen-bond donors (Lipinski definition) is 1. The van der Waals surface area contributed by atoms with Gasteiger partial charge in [-0.15, -0.1) is 0 Å². The lowest BCUT2D eigenvalue weighted by Crippen LogP contribution is -2.27. The normalized spacial score (nSPS) is 24.7. The summed E-state index contributed by atoms with van der Waals surface area (Å²) in [5, 5.41) is 3.54. The first-order valence-corrected chi connectivity index (χ1v) is 7.20. The van der Waals surface area contributed by atoms with Gasteiger partial charge in [-0.2, -0.15) is 0 Å². The Hall–Kier alpha value is -0.120. The average molecular weight is 243 g/mol. The summed E-state index contributed by atoms with van der Waals surface area (Å²) in [6.07, 6.45) is 5.12. The van der Waals surface area contributed by atoms with Crippen LogP contribution in [0.5, 0.6) is 0 Å². The highest BCUT2D eigenvalue weighted by Crippen LogP contribution is 2.29. The van der Waals surface area contributed by atoms with E-state index in [0.29, 0.717) is 0 Å². The summed E-state index contributed by atoms with van der Waals surface area (Å²) < 4.78 is 11.0. The van der Waals surface area contributed by atoms with Gasteiger partial charge in [0.15, 0.2) is 6.29 Å². The Bertz CT molecular complexity index is 181. The van der Waals surface area contributed by atoms with Crippen LogP contribution >= 0.6 is 0 Å². The second-order valence-corrected chi connectivity index (χ2v) is 5.12. The molecule has 0 aliphatic heterocycles. The predicted octanol–water partition coefficient (Wildman–Crippen LogP) is 2.80. The molecule has 102 valence electrons. The van der Waals surface area contributed by atoms with Gasteiger partial charge >= 0.3 is 0 Å². The first-order chi connectivity index (χ1) is 8.26. The second-order valence-electron chi connectivity index (χ2n) is 5.12. The lowest BCUT2D eigenvalue weighted by Gasteiger charge is -2.18. The van der Waals surface area contributed by atoms with E-state index < -0.39 is 0 Å². The number of nitrogens with one attached hydrogen (secondary N) is 1. The molecule has 1 N–H and O–H groups in total. The molecule has 3 nitrogen and oxygen atoms in total. The van der Waals surface area contributed by atoms with E-state index in [-0.39, 0.29) is 6.29 Å². The molecule has 0 saturated heterocycles. The average Bonchev–Trinajstić information content (AvgIpc) is 2.71. The standard InChI is InChI=1S/C14H29NO2/c1-4-16-14(17-5-2)8-9-15-11-13-7-6-12(3)10-13/h12-15H,4-11H2,1-3H3. The van der Waals surface area contributed by atoms with Crippen LogP contribution in [0.1, 0.15) is 46.5 Å². The maximum atomic E-state index is 5.51. The minimum Gasteiger partial charge on any atom is -0.353 e. The van der Waals surface area contributed by atoms with Gasteiger partial charge in [-0.3, -0.25) is 0 Å². The molecule has 0 heterocycles. The third kappa shape index (κ3) is 6.39. The molecule has 0 aromatic carbocycles. The summed E-state index contributed by atoms with van der Waals surface area (Å²) in [5.74, 6) is 1.82. The van der Waals surface area contributed by atoms with E-state index in [9.17, 15) is 0 Å². The van der Waals surface area contributed by atoms with Gasteiger partial charge in [0.1, 0.15) is 0 Å². The van der Waals surface area contributed by atoms with Crippen LogP contribution in [0.2, 0.25) is 0 Å². The Morgan fingerprint density at radius 1 is 1.18 bits per heavy atom. The fourth-order valence-corrected chi connectivity index (χ4v) is 2.62. The smallest absolute Gasteiger partial charge is 0.158 e. The Morgan fingerprint density at radius 3 is 2.41 bits per heavy atom. The molecule has 1 aliphatic carbocycles. The Balaban J connectivity index is 2.01. The molecule has 0 amide bonds. The lowest BCUT2D eigenvalue weighted by molar-refractivity contribution is -0.138. The van der Waals surface area contributed by atoms with E-state index in [2.05, 4.69) is 12.2 Å². The van der Waals surface area contributed by atoms with Crippen molar-refractivity contribution in [3.05, 3.63) is 0 Å². The van der Waals surface area contributed by atoms with Crippen LogP contribution in [0.3, 0.4) is 0 Å². The maximum Gasteiger partial charge on any atom is 0.158 e. The van der Waals surface area contributed by atoms with Crippen molar-refractivity contribution in [2.45, 2.75) is 52.7 Å². The molecule has 1 saturated carbocycles. The highest BCUT2D eigenvalue weighted by atomic mass is 16.7. The molecular weight excluding hydrogens is 214 g/mol. The fourth-order valence-electron chi connectivity index (χ4n) is 2.62. The number of rotatable bonds is 9. The van der Waals surface area contributed by atoms with Crippen molar-refractivity contribution >= 4 is 0 Å². The molecule has 0 radical (unpaired) electrons. The molecule has 0 bridgehead atoms. The van der Waals surface area contributed by atoms with Crippen LogP contribution in [-0.2, 0) is 9.47 Å². The van der Waals surface area contributed by atoms with E-state index >= 15 is 0 Å². The molecule has 2 unspecified atom stereocenters. The largest absolute Gasteiger partial charge is 0.353 e. The summed E-state index contributed by atoms with van der Waals surface area (Å²) in [6.45, 7) is 10.00. The van der Waals surface area contributed by atoms with Crippen LogP contribution in [-0.4, -0.2) is 32.6 Å². The molecule has 3 heteroatoms. The molecule has 1 aliphatic rings. The molecule has 17 heavy (non-hydrogen) atoms. The predicted molar refractivity (Wildman–Crippen MR) is 71.0 cm³/mol. The van der Waals surface area contributed by atoms with Gasteiger partial charge in [0.25, 0.3) is 0 Å². The van der Waals surface area contributed by atoms with Gasteiger partial charge in [0.05, 0.1) is 0 Å². The summed E-state index contributed by atoms with van der Waals surface area (Å²) in [7, 11) is 0. The first-order valence-electron chi connectivity index (χ1n) is 7.20. The van der Waals surface area contributed by atoms with Crippen molar-refractivity contribution in [1.29, 1.82) is 0 Å². The van der Waals surface area contributed by atoms with E-state index in [1.54, 1.807) is 0 Å². The van der Waals surface area contributed by atoms with Crippen molar-refractivity contribution in [2.24, 2.45) is 11.8 Å². The topological polar surface area (TPSA) is 30.5 Å². The van der Waals surface area contributed by atoms with Gasteiger partial charge in [0, 0.05) is 19.6 Å². The van der Waals surface area contributed by atoms with Crippen LogP contribution < -0.4 is 5.32 Å². The van der Waals surface area contributed by atoms with Crippen LogP contribution in [0.4, 0.5) is 0 Å². The van der Waals surface area contributed by atoms with Gasteiger partial charge in [-0.1, -0.05) is 13.3 Å². The van der Waals surface area contributed by atoms with Crippen molar-refractivity contribution in [1.82, 2.24) is 5.32 Å². The number of hydrogen-bond acceptors (Lipinski definition) is 3. The van der Waals surface area contributed by atoms with Gasteiger partial charge < -0.3 is 14.8 Å². The number of ether oxygens (including phenoxy) is 2. The van der Waals surface area contributed by atoms with Crippen molar-refractivity contribution in [3.8, 4) is 0 Å². The van der Waals surface area contributed by atoms with E-state index in [1.807, 2.05) is 13.8 Å². The minimum atomic E-state index is -0.0278. The lowest BCUT2D eigenvalue weighted by atomic mass is 10.1. The fraction of sp³-hybridized carbons (Fsp3) is 1.00. The zero-order valence-corrected chi connectivity index (χ0v) is 11.7. The van der Waals surface area contributed by atoms with Crippen LogP contribution in [0.25, 0.3) is 0 Å². The summed E-state index contributed by atoms with van der Waals surface area (Å²) in [6, 6.07) is 0. The van der Waals surface area contributed by atoms with Crippen molar-refractivity contribution in [2.75, 3.05) is 26.3 Å². The monoisotopic (exact) mass is 243 g/mol. The molecule has 1 fully saturated rings. The van der Waals surface area contributed by atoms with E-state index in [4.69, 9.17) is 9.47 Å². The zero-order valence-electron chi connectivity index (χ0n) is 11.7. The van der Waals surface area contributed by atoms with Gasteiger partial charge in [-0.25, -0.2) is 0 Å². The molecule has 1 rings (SSSR count). The quantitative estimate of drug-likeness (QED) is 0.499. The SMILES string of the molecule is CCOC(CCNCC1CCC(C)C1)OCC. The minimum absolute atomic E-state index is 0.0278. The molecule has 0 spiro atoms. The van der Waals surface area contributed by atoms with Gasteiger partial charge in [0.2, 0.25) is 0 Å². The first kappa shape index (κ1) is 14.9. The molecule has 2 atom stereocenters. The molecule has 0 aromatic heterocycles. The van der Waals surface area contributed by atoms with Crippen molar-refractivity contribution in [3.63, 3.8) is 0 Å². The Kier molecular flexibility index (Phi) is 7.82. The Morgan fingerprint density at radius 2 is 1.88 bits per heavy atom. The molecule has 0 aromatic rings. The zero-order chi connectivity index (χ0) is 12.5. The summed E-state index contributed by atoms with van der Waals surface area (Å²) in [4.78, 5) is 0. The van der Waals surface area contributed by atoms with Crippen LogP contribution in [0, 0.1) is 11.8 Å². The summed E-state index contributed by atoms with van der Waals surface area (Å²) >= 11 is 0. The third-order valence-corrected chi connectivity index (χ3v) is 3.50. The van der Waals surface area contributed by atoms with Crippen molar-refractivity contribution < 1.29 is 9.47 Å². The highest BCUT2D eigenvalue weighted by molar-refractivity contribution is 4.74. The third-order valence-electron chi connectivity index (χ3n) is 3.50. The summed E-state index contributed by atoms with van der Waals surface area (Å²) in [5.41, 5.74) is 0. The van der Waals surface area contributed by atoms with E-state index in [0.717, 1.165) is 44.6 Å². The van der Waals surface area contributed by atoms with E-state index in [1.165, 1.54) is 19.3 Å². The second kappa shape index (κ2) is 8.90. The van der Waals surface area contributed by atoms with Gasteiger partial charge in [-0.05, 0) is 51.6 Å². The maximum absolute atomic E-state index is 5.51. The molecular formula is C14H29NO2.